The Hall–Kier alpha value is -1.04. The number of rotatable bonds is 7. The Bertz CT molecular complexity index is 644. The van der Waals surface area contributed by atoms with Gasteiger partial charge in [0.05, 0.1) is 18.2 Å². The second kappa shape index (κ2) is 8.71. The molecule has 0 amide bonds. The van der Waals surface area contributed by atoms with E-state index >= 15 is 0 Å². The van der Waals surface area contributed by atoms with Crippen LogP contribution >= 0.6 is 31.9 Å². The van der Waals surface area contributed by atoms with Gasteiger partial charge in [-0.3, -0.25) is 0 Å². The zero-order valence-corrected chi connectivity index (χ0v) is 16.7. The lowest BCUT2D eigenvalue weighted by molar-refractivity contribution is 0.309. The first-order chi connectivity index (χ1) is 11.0. The molecule has 124 valence electrons. The SMILES string of the molecule is CCOc1cc(CN[C@@H](C)c2ccc(Br)cc2)cc(Br)c1OC. The van der Waals surface area contributed by atoms with Crippen molar-refractivity contribution in [3.05, 3.63) is 56.5 Å². The summed E-state index contributed by atoms with van der Waals surface area (Å²) >= 11 is 7.01. The van der Waals surface area contributed by atoms with Gasteiger partial charge in [0.2, 0.25) is 0 Å². The Morgan fingerprint density at radius 2 is 1.83 bits per heavy atom. The Morgan fingerprint density at radius 3 is 2.43 bits per heavy atom. The number of nitrogens with one attached hydrogen (secondary N) is 1. The van der Waals surface area contributed by atoms with E-state index < -0.39 is 0 Å². The van der Waals surface area contributed by atoms with Crippen LogP contribution in [0.15, 0.2) is 45.3 Å². The fourth-order valence-electron chi connectivity index (χ4n) is 2.32. The molecular weight excluding hydrogens is 422 g/mol. The molecule has 3 nitrogen and oxygen atoms in total. The van der Waals surface area contributed by atoms with E-state index in [1.807, 2.05) is 13.0 Å². The molecule has 0 spiro atoms. The molecule has 0 aromatic heterocycles. The van der Waals surface area contributed by atoms with Gasteiger partial charge < -0.3 is 14.8 Å². The minimum Gasteiger partial charge on any atom is -0.492 e. The van der Waals surface area contributed by atoms with Crippen molar-refractivity contribution < 1.29 is 9.47 Å². The van der Waals surface area contributed by atoms with Gasteiger partial charge in [0.25, 0.3) is 0 Å². The van der Waals surface area contributed by atoms with Crippen LogP contribution in [0.25, 0.3) is 0 Å². The number of ether oxygens (including phenoxy) is 2. The van der Waals surface area contributed by atoms with E-state index in [1.165, 1.54) is 5.56 Å². The maximum absolute atomic E-state index is 5.67. The summed E-state index contributed by atoms with van der Waals surface area (Å²) in [4.78, 5) is 0. The molecule has 0 heterocycles. The number of benzene rings is 2. The second-order valence-electron chi connectivity index (χ2n) is 5.20. The van der Waals surface area contributed by atoms with Crippen molar-refractivity contribution in [2.75, 3.05) is 13.7 Å². The third-order valence-electron chi connectivity index (χ3n) is 3.56. The van der Waals surface area contributed by atoms with E-state index in [4.69, 9.17) is 9.47 Å². The summed E-state index contributed by atoms with van der Waals surface area (Å²) in [6.07, 6.45) is 0. The number of halogens is 2. The first kappa shape index (κ1) is 18.3. The predicted octanol–water partition coefficient (Wildman–Crippen LogP) is 5.47. The molecule has 0 aliphatic heterocycles. The van der Waals surface area contributed by atoms with Crippen LogP contribution in [-0.2, 0) is 6.54 Å². The molecule has 0 aliphatic rings. The smallest absolute Gasteiger partial charge is 0.174 e. The quantitative estimate of drug-likeness (QED) is 0.616. The Balaban J connectivity index is 2.09. The summed E-state index contributed by atoms with van der Waals surface area (Å²) in [5.74, 6) is 1.49. The van der Waals surface area contributed by atoms with Crippen molar-refractivity contribution in [1.82, 2.24) is 5.32 Å². The van der Waals surface area contributed by atoms with Crippen LogP contribution in [0.4, 0.5) is 0 Å². The maximum atomic E-state index is 5.67. The molecule has 1 atom stereocenters. The molecule has 23 heavy (non-hydrogen) atoms. The second-order valence-corrected chi connectivity index (χ2v) is 6.97. The first-order valence-corrected chi connectivity index (χ1v) is 9.11. The minimum absolute atomic E-state index is 0.263. The van der Waals surface area contributed by atoms with Crippen LogP contribution in [0.5, 0.6) is 11.5 Å². The van der Waals surface area contributed by atoms with E-state index in [-0.39, 0.29) is 6.04 Å². The zero-order chi connectivity index (χ0) is 16.8. The van der Waals surface area contributed by atoms with Gasteiger partial charge in [-0.2, -0.15) is 0 Å². The van der Waals surface area contributed by atoms with Crippen molar-refractivity contribution in [3.63, 3.8) is 0 Å². The minimum atomic E-state index is 0.263. The fourth-order valence-corrected chi connectivity index (χ4v) is 3.24. The van der Waals surface area contributed by atoms with Crippen molar-refractivity contribution in [2.24, 2.45) is 0 Å². The summed E-state index contributed by atoms with van der Waals surface area (Å²) in [5.41, 5.74) is 2.40. The van der Waals surface area contributed by atoms with Crippen LogP contribution in [-0.4, -0.2) is 13.7 Å². The monoisotopic (exact) mass is 441 g/mol. The van der Waals surface area contributed by atoms with Crippen LogP contribution in [0, 0.1) is 0 Å². The van der Waals surface area contributed by atoms with Crippen molar-refractivity contribution in [1.29, 1.82) is 0 Å². The third-order valence-corrected chi connectivity index (χ3v) is 4.67. The molecule has 1 N–H and O–H groups in total. The van der Waals surface area contributed by atoms with E-state index in [0.29, 0.717) is 6.61 Å². The topological polar surface area (TPSA) is 30.5 Å². The van der Waals surface area contributed by atoms with E-state index in [2.05, 4.69) is 74.4 Å². The highest BCUT2D eigenvalue weighted by atomic mass is 79.9. The number of hydrogen-bond acceptors (Lipinski definition) is 3. The van der Waals surface area contributed by atoms with Gasteiger partial charge in [0.1, 0.15) is 0 Å². The molecule has 2 aromatic carbocycles. The molecule has 0 fully saturated rings. The summed E-state index contributed by atoms with van der Waals surface area (Å²) < 4.78 is 13.1. The van der Waals surface area contributed by atoms with Crippen molar-refractivity contribution in [3.8, 4) is 11.5 Å². The molecule has 5 heteroatoms. The molecule has 0 unspecified atom stereocenters. The predicted molar refractivity (Wildman–Crippen MR) is 101 cm³/mol. The molecule has 0 radical (unpaired) electrons. The van der Waals surface area contributed by atoms with Gasteiger partial charge in [0.15, 0.2) is 11.5 Å². The van der Waals surface area contributed by atoms with Crippen molar-refractivity contribution in [2.45, 2.75) is 26.4 Å². The van der Waals surface area contributed by atoms with Gasteiger partial charge >= 0.3 is 0 Å². The highest BCUT2D eigenvalue weighted by Crippen LogP contribution is 2.36. The molecule has 2 rings (SSSR count). The average molecular weight is 443 g/mol. The van der Waals surface area contributed by atoms with Crippen LogP contribution in [0.1, 0.15) is 31.0 Å². The Kier molecular flexibility index (Phi) is 6.93. The van der Waals surface area contributed by atoms with Gasteiger partial charge in [-0.1, -0.05) is 28.1 Å². The van der Waals surface area contributed by atoms with Gasteiger partial charge in [-0.25, -0.2) is 0 Å². The lowest BCUT2D eigenvalue weighted by Gasteiger charge is -2.17. The molecular formula is C18H21Br2NO2. The highest BCUT2D eigenvalue weighted by molar-refractivity contribution is 9.10. The normalized spacial score (nSPS) is 12.0. The zero-order valence-electron chi connectivity index (χ0n) is 13.5. The van der Waals surface area contributed by atoms with Crippen molar-refractivity contribution >= 4 is 31.9 Å². The maximum Gasteiger partial charge on any atom is 0.174 e. The number of methoxy groups -OCH3 is 1. The van der Waals surface area contributed by atoms with Crippen LogP contribution < -0.4 is 14.8 Å². The summed E-state index contributed by atoms with van der Waals surface area (Å²) in [6, 6.07) is 12.7. The lowest BCUT2D eigenvalue weighted by atomic mass is 10.1. The molecule has 0 aliphatic carbocycles. The van der Waals surface area contributed by atoms with Gasteiger partial charge in [-0.05, 0) is 65.2 Å². The summed E-state index contributed by atoms with van der Waals surface area (Å²) in [7, 11) is 1.65. The standard InChI is InChI=1S/C18H21Br2NO2/c1-4-23-17-10-13(9-16(20)18(17)22-3)11-21-12(2)14-5-7-15(19)8-6-14/h5-10,12,21H,4,11H2,1-3H3/t12-/m0/s1. The van der Waals surface area contributed by atoms with E-state index in [0.717, 1.165) is 32.6 Å². The van der Waals surface area contributed by atoms with E-state index in [9.17, 15) is 0 Å². The molecule has 0 bridgehead atoms. The van der Waals surface area contributed by atoms with Crippen LogP contribution in [0.3, 0.4) is 0 Å². The largest absolute Gasteiger partial charge is 0.492 e. The summed E-state index contributed by atoms with van der Waals surface area (Å²) in [5, 5.41) is 3.54. The number of hydrogen-bond donors (Lipinski definition) is 1. The van der Waals surface area contributed by atoms with Gasteiger partial charge in [0, 0.05) is 17.1 Å². The first-order valence-electron chi connectivity index (χ1n) is 7.53. The molecule has 0 saturated carbocycles. The fraction of sp³-hybridized carbons (Fsp3) is 0.333. The average Bonchev–Trinajstić information content (AvgIpc) is 2.53. The molecule has 2 aromatic rings. The van der Waals surface area contributed by atoms with Crippen LogP contribution in [0.2, 0.25) is 0 Å². The third kappa shape index (κ3) is 4.96. The Labute approximate surface area is 154 Å². The summed E-state index contributed by atoms with van der Waals surface area (Å²) in [6.45, 7) is 5.48. The van der Waals surface area contributed by atoms with E-state index in [1.54, 1.807) is 7.11 Å². The Morgan fingerprint density at radius 1 is 1.13 bits per heavy atom. The lowest BCUT2D eigenvalue weighted by Crippen LogP contribution is -2.18. The highest BCUT2D eigenvalue weighted by Gasteiger charge is 2.12. The van der Waals surface area contributed by atoms with Gasteiger partial charge in [-0.15, -0.1) is 0 Å². The molecule has 0 saturated heterocycles.